The zero-order chi connectivity index (χ0) is 10.8. The summed E-state index contributed by atoms with van der Waals surface area (Å²) in [4.78, 5) is 20.2. The van der Waals surface area contributed by atoms with Gasteiger partial charge in [-0.2, -0.15) is 0 Å². The number of nitrogens with two attached hydrogens (primary N) is 2. The van der Waals surface area contributed by atoms with E-state index < -0.39 is 0 Å². The lowest BCUT2D eigenvalue weighted by Crippen LogP contribution is -2.12. The van der Waals surface area contributed by atoms with E-state index in [2.05, 4.69) is 5.32 Å². The number of primary amides is 1. The van der Waals surface area contributed by atoms with Gasteiger partial charge in [0.25, 0.3) is 0 Å². The molecule has 14 heavy (non-hydrogen) atoms. The lowest BCUT2D eigenvalue weighted by Gasteiger charge is -1.90. The molecule has 2 amide bonds. The minimum Gasteiger partial charge on any atom is -0.370 e. The van der Waals surface area contributed by atoms with E-state index in [0.717, 1.165) is 32.2 Å². The molecule has 82 valence electrons. The van der Waals surface area contributed by atoms with Crippen LogP contribution in [0.15, 0.2) is 0 Å². The summed E-state index contributed by atoms with van der Waals surface area (Å²) in [6.45, 7) is 1.53. The van der Waals surface area contributed by atoms with Crippen LogP contribution in [0.5, 0.6) is 0 Å². The normalized spacial score (nSPS) is 14.2. The van der Waals surface area contributed by atoms with E-state index in [1.54, 1.807) is 0 Å². The highest BCUT2D eigenvalue weighted by Crippen LogP contribution is 1.93. The van der Waals surface area contributed by atoms with Gasteiger partial charge in [0.05, 0.1) is 0 Å². The topological polar surface area (TPSA) is 98.2 Å². The number of amides is 2. The first-order valence-electron chi connectivity index (χ1n) is 4.92. The van der Waals surface area contributed by atoms with Gasteiger partial charge in [0, 0.05) is 19.4 Å². The SMILES string of the molecule is NCCCCC(N)=O.O=C1CCCN1. The van der Waals surface area contributed by atoms with Crippen molar-refractivity contribution in [2.75, 3.05) is 13.1 Å². The molecule has 0 atom stereocenters. The second-order valence-electron chi connectivity index (χ2n) is 3.17. The monoisotopic (exact) mass is 201 g/mol. The molecule has 0 unspecified atom stereocenters. The highest BCUT2D eigenvalue weighted by Gasteiger charge is 2.05. The van der Waals surface area contributed by atoms with Crippen molar-refractivity contribution in [3.63, 3.8) is 0 Å². The highest BCUT2D eigenvalue weighted by molar-refractivity contribution is 5.77. The maximum absolute atomic E-state index is 10.1. The Kier molecular flexibility index (Phi) is 7.83. The smallest absolute Gasteiger partial charge is 0.220 e. The third-order valence-corrected chi connectivity index (χ3v) is 1.78. The van der Waals surface area contributed by atoms with Gasteiger partial charge in [0.1, 0.15) is 0 Å². The van der Waals surface area contributed by atoms with E-state index in [1.807, 2.05) is 0 Å². The third kappa shape index (κ3) is 8.99. The number of carbonyl (C=O) groups is 2. The van der Waals surface area contributed by atoms with Crippen molar-refractivity contribution in [1.82, 2.24) is 5.32 Å². The van der Waals surface area contributed by atoms with Crippen LogP contribution < -0.4 is 16.8 Å². The predicted octanol–water partition coefficient (Wildman–Crippen LogP) is -0.503. The average Bonchev–Trinajstić information content (AvgIpc) is 2.57. The maximum atomic E-state index is 10.1. The molecule has 0 bridgehead atoms. The number of rotatable bonds is 4. The second kappa shape index (κ2) is 8.50. The Hall–Kier alpha value is -1.10. The van der Waals surface area contributed by atoms with Crippen molar-refractivity contribution in [3.05, 3.63) is 0 Å². The van der Waals surface area contributed by atoms with Gasteiger partial charge in [-0.05, 0) is 25.8 Å². The average molecular weight is 201 g/mol. The van der Waals surface area contributed by atoms with E-state index >= 15 is 0 Å². The number of carbonyl (C=O) groups excluding carboxylic acids is 2. The van der Waals surface area contributed by atoms with Gasteiger partial charge < -0.3 is 16.8 Å². The van der Waals surface area contributed by atoms with Gasteiger partial charge in [-0.25, -0.2) is 0 Å². The number of unbranched alkanes of at least 4 members (excludes halogenated alkanes) is 1. The molecular formula is C9H19N3O2. The lowest BCUT2D eigenvalue weighted by atomic mass is 10.2. The molecular weight excluding hydrogens is 182 g/mol. The molecule has 5 N–H and O–H groups in total. The molecule has 0 aromatic rings. The fourth-order valence-corrected chi connectivity index (χ4v) is 1.01. The molecule has 0 aliphatic carbocycles. The van der Waals surface area contributed by atoms with E-state index in [4.69, 9.17) is 11.5 Å². The van der Waals surface area contributed by atoms with Gasteiger partial charge in [0.15, 0.2) is 0 Å². The minimum atomic E-state index is -0.238. The molecule has 1 rings (SSSR count). The zero-order valence-corrected chi connectivity index (χ0v) is 8.42. The van der Waals surface area contributed by atoms with Crippen molar-refractivity contribution in [1.29, 1.82) is 0 Å². The number of hydrogen-bond donors (Lipinski definition) is 3. The van der Waals surface area contributed by atoms with Crippen molar-refractivity contribution in [2.24, 2.45) is 11.5 Å². The Morgan fingerprint density at radius 1 is 1.43 bits per heavy atom. The molecule has 0 radical (unpaired) electrons. The van der Waals surface area contributed by atoms with Crippen molar-refractivity contribution in [2.45, 2.75) is 32.1 Å². The summed E-state index contributed by atoms with van der Waals surface area (Å²) in [6, 6.07) is 0. The maximum Gasteiger partial charge on any atom is 0.220 e. The van der Waals surface area contributed by atoms with Crippen LogP contribution in [0.1, 0.15) is 32.1 Å². The first-order chi connectivity index (χ1) is 6.66. The van der Waals surface area contributed by atoms with Crippen LogP contribution in [0.25, 0.3) is 0 Å². The molecule has 5 nitrogen and oxygen atoms in total. The molecule has 0 saturated carbocycles. The summed E-state index contributed by atoms with van der Waals surface area (Å²) in [5.41, 5.74) is 10.0. The van der Waals surface area contributed by atoms with Gasteiger partial charge >= 0.3 is 0 Å². The molecule has 1 aliphatic heterocycles. The van der Waals surface area contributed by atoms with Crippen LogP contribution in [-0.2, 0) is 9.59 Å². The second-order valence-corrected chi connectivity index (χ2v) is 3.17. The number of nitrogens with one attached hydrogen (secondary N) is 1. The van der Waals surface area contributed by atoms with E-state index in [-0.39, 0.29) is 11.8 Å². The predicted molar refractivity (Wildman–Crippen MR) is 54.3 cm³/mol. The molecule has 0 aromatic carbocycles. The molecule has 1 heterocycles. The van der Waals surface area contributed by atoms with Crippen LogP contribution >= 0.6 is 0 Å². The fraction of sp³-hybridized carbons (Fsp3) is 0.778. The Labute approximate surface area is 84.2 Å². The van der Waals surface area contributed by atoms with Gasteiger partial charge in [-0.3, -0.25) is 9.59 Å². The summed E-state index contributed by atoms with van der Waals surface area (Å²) in [7, 11) is 0. The Balaban J connectivity index is 0.000000249. The van der Waals surface area contributed by atoms with Crippen molar-refractivity contribution in [3.8, 4) is 0 Å². The van der Waals surface area contributed by atoms with Crippen LogP contribution in [0, 0.1) is 0 Å². The summed E-state index contributed by atoms with van der Waals surface area (Å²) >= 11 is 0. The van der Waals surface area contributed by atoms with Crippen LogP contribution in [0.2, 0.25) is 0 Å². The Morgan fingerprint density at radius 3 is 2.43 bits per heavy atom. The standard InChI is InChI=1S/C5H12N2O.C4H7NO/c6-4-2-1-3-5(7)8;6-4-2-1-3-5-4/h1-4,6H2,(H2,7,8);1-3H2,(H,5,6). The van der Waals surface area contributed by atoms with Gasteiger partial charge in [-0.1, -0.05) is 0 Å². The first kappa shape index (κ1) is 12.9. The summed E-state index contributed by atoms with van der Waals surface area (Å²) < 4.78 is 0. The quantitative estimate of drug-likeness (QED) is 0.534. The summed E-state index contributed by atoms with van der Waals surface area (Å²) in [5, 5.41) is 2.68. The van der Waals surface area contributed by atoms with Crippen LogP contribution in [-0.4, -0.2) is 24.9 Å². The van der Waals surface area contributed by atoms with E-state index in [9.17, 15) is 9.59 Å². The molecule has 0 spiro atoms. The molecule has 1 saturated heterocycles. The first-order valence-corrected chi connectivity index (χ1v) is 4.92. The summed E-state index contributed by atoms with van der Waals surface area (Å²) in [6.07, 6.45) is 3.95. The minimum absolute atomic E-state index is 0.204. The zero-order valence-electron chi connectivity index (χ0n) is 8.42. The van der Waals surface area contributed by atoms with Crippen LogP contribution in [0.4, 0.5) is 0 Å². The fourth-order valence-electron chi connectivity index (χ4n) is 1.01. The van der Waals surface area contributed by atoms with Crippen LogP contribution in [0.3, 0.4) is 0 Å². The highest BCUT2D eigenvalue weighted by atomic mass is 16.2. The van der Waals surface area contributed by atoms with Crippen molar-refractivity contribution >= 4 is 11.8 Å². The van der Waals surface area contributed by atoms with E-state index in [1.165, 1.54) is 0 Å². The molecule has 0 aromatic heterocycles. The van der Waals surface area contributed by atoms with Gasteiger partial charge in [-0.15, -0.1) is 0 Å². The van der Waals surface area contributed by atoms with Gasteiger partial charge in [0.2, 0.25) is 11.8 Å². The number of hydrogen-bond acceptors (Lipinski definition) is 3. The lowest BCUT2D eigenvalue weighted by molar-refractivity contribution is -0.119. The van der Waals surface area contributed by atoms with E-state index in [0.29, 0.717) is 13.0 Å². The molecule has 1 aliphatic rings. The summed E-state index contributed by atoms with van der Waals surface area (Å²) in [5.74, 6) is -0.0338. The Bertz CT molecular complexity index is 175. The molecule has 1 fully saturated rings. The third-order valence-electron chi connectivity index (χ3n) is 1.78. The largest absolute Gasteiger partial charge is 0.370 e. The Morgan fingerprint density at radius 2 is 2.14 bits per heavy atom. The van der Waals surface area contributed by atoms with Crippen molar-refractivity contribution < 1.29 is 9.59 Å². The molecule has 5 heteroatoms.